The van der Waals surface area contributed by atoms with Crippen molar-refractivity contribution in [3.8, 4) is 0 Å². The minimum Gasteiger partial charge on any atom is -0.337 e. The number of H-pyrrole nitrogens is 1. The van der Waals surface area contributed by atoms with Crippen LogP contribution in [0, 0.1) is 12.8 Å². The van der Waals surface area contributed by atoms with Gasteiger partial charge in [0.1, 0.15) is 0 Å². The molecule has 2 saturated heterocycles. The molecule has 6 nitrogen and oxygen atoms in total. The highest BCUT2D eigenvalue weighted by Crippen LogP contribution is 2.37. The van der Waals surface area contributed by atoms with Gasteiger partial charge in [0.2, 0.25) is 5.91 Å². The average molecular weight is 393 g/mol. The fraction of sp³-hybridized carbons (Fsp3) is 0.522. The Labute approximate surface area is 170 Å². The van der Waals surface area contributed by atoms with Crippen LogP contribution in [0.3, 0.4) is 0 Å². The summed E-state index contributed by atoms with van der Waals surface area (Å²) >= 11 is 0. The zero-order valence-electron chi connectivity index (χ0n) is 17.0. The second-order valence-electron chi connectivity index (χ2n) is 8.95. The molecule has 29 heavy (non-hydrogen) atoms. The highest BCUT2D eigenvalue weighted by molar-refractivity contribution is 6.06. The standard InChI is InChI=1S/C23H28N4O2/c1-14-9-16(10-14)22(28)26-7-3-5-19(26)20-6-4-8-27(20)23(29)18-12-15(2)11-17-13-24-25-21(17)18/h11-13,16,19-20H,1,3-10H2,2H3,(H,24,25). The number of hydrogen-bond acceptors (Lipinski definition) is 3. The summed E-state index contributed by atoms with van der Waals surface area (Å²) in [6.07, 6.45) is 7.40. The first kappa shape index (κ1) is 18.4. The molecule has 0 spiro atoms. The molecule has 0 bridgehead atoms. The molecule has 0 radical (unpaired) electrons. The van der Waals surface area contributed by atoms with Crippen molar-refractivity contribution >= 4 is 22.7 Å². The van der Waals surface area contributed by atoms with E-state index < -0.39 is 0 Å². The van der Waals surface area contributed by atoms with Crippen LogP contribution in [0.5, 0.6) is 0 Å². The molecule has 152 valence electrons. The number of rotatable bonds is 3. The monoisotopic (exact) mass is 392 g/mol. The van der Waals surface area contributed by atoms with Crippen LogP contribution in [0.4, 0.5) is 0 Å². The quantitative estimate of drug-likeness (QED) is 0.814. The van der Waals surface area contributed by atoms with Gasteiger partial charge in [0.05, 0.1) is 29.4 Å². The molecule has 1 aromatic heterocycles. The molecule has 2 atom stereocenters. The number of amides is 2. The van der Waals surface area contributed by atoms with Gasteiger partial charge in [0.15, 0.2) is 0 Å². The molecule has 5 rings (SSSR count). The van der Waals surface area contributed by atoms with Gasteiger partial charge in [-0.05, 0) is 63.1 Å². The number of benzene rings is 1. The lowest BCUT2D eigenvalue weighted by atomic mass is 9.80. The fourth-order valence-electron chi connectivity index (χ4n) is 5.49. The van der Waals surface area contributed by atoms with Crippen molar-refractivity contribution in [3.05, 3.63) is 41.6 Å². The van der Waals surface area contributed by atoms with Gasteiger partial charge in [-0.15, -0.1) is 0 Å². The van der Waals surface area contributed by atoms with E-state index in [0.717, 1.165) is 68.1 Å². The van der Waals surface area contributed by atoms with Gasteiger partial charge in [0.25, 0.3) is 5.91 Å². The molecule has 2 amide bonds. The summed E-state index contributed by atoms with van der Waals surface area (Å²) < 4.78 is 0. The van der Waals surface area contributed by atoms with Crippen LogP contribution in [-0.4, -0.2) is 57.0 Å². The van der Waals surface area contributed by atoms with E-state index >= 15 is 0 Å². The van der Waals surface area contributed by atoms with Crippen molar-refractivity contribution in [1.82, 2.24) is 20.0 Å². The maximum absolute atomic E-state index is 13.6. The van der Waals surface area contributed by atoms with Crippen LogP contribution in [-0.2, 0) is 4.79 Å². The van der Waals surface area contributed by atoms with Crippen LogP contribution in [0.2, 0.25) is 0 Å². The van der Waals surface area contributed by atoms with Gasteiger partial charge in [-0.2, -0.15) is 5.10 Å². The molecule has 1 saturated carbocycles. The summed E-state index contributed by atoms with van der Waals surface area (Å²) in [4.78, 5) is 30.7. The zero-order chi connectivity index (χ0) is 20.1. The molecule has 2 unspecified atom stereocenters. The van der Waals surface area contributed by atoms with Crippen molar-refractivity contribution in [2.45, 2.75) is 57.5 Å². The second kappa shape index (κ2) is 7.01. The third-order valence-corrected chi connectivity index (χ3v) is 6.93. The summed E-state index contributed by atoms with van der Waals surface area (Å²) in [7, 11) is 0. The van der Waals surface area contributed by atoms with Crippen molar-refractivity contribution in [1.29, 1.82) is 0 Å². The van der Waals surface area contributed by atoms with E-state index in [1.807, 2.05) is 24.0 Å². The van der Waals surface area contributed by atoms with E-state index in [-0.39, 0.29) is 29.8 Å². The minimum absolute atomic E-state index is 0.0572. The maximum Gasteiger partial charge on any atom is 0.256 e. The number of hydrogen-bond donors (Lipinski definition) is 1. The van der Waals surface area contributed by atoms with E-state index in [0.29, 0.717) is 5.56 Å². The Balaban J connectivity index is 1.40. The van der Waals surface area contributed by atoms with E-state index in [1.54, 1.807) is 6.20 Å². The number of nitrogens with one attached hydrogen (secondary N) is 1. The number of fused-ring (bicyclic) bond motifs is 1. The average Bonchev–Trinajstić information content (AvgIpc) is 3.42. The maximum atomic E-state index is 13.6. The Bertz CT molecular complexity index is 986. The number of allylic oxidation sites excluding steroid dienone is 1. The molecule has 3 aliphatic rings. The topological polar surface area (TPSA) is 69.3 Å². The SMILES string of the molecule is C=C1CC(C(=O)N2CCCC2C2CCCN2C(=O)c2cc(C)cc3cn[nH]c23)C1. The minimum atomic E-state index is 0.0572. The van der Waals surface area contributed by atoms with Crippen molar-refractivity contribution in [3.63, 3.8) is 0 Å². The van der Waals surface area contributed by atoms with Crippen LogP contribution >= 0.6 is 0 Å². The van der Waals surface area contributed by atoms with E-state index in [1.165, 1.54) is 5.57 Å². The Kier molecular flexibility index (Phi) is 4.45. The van der Waals surface area contributed by atoms with Crippen molar-refractivity contribution in [2.24, 2.45) is 5.92 Å². The number of aromatic nitrogens is 2. The van der Waals surface area contributed by atoms with E-state index in [4.69, 9.17) is 0 Å². The molecule has 6 heteroatoms. The highest BCUT2D eigenvalue weighted by atomic mass is 16.2. The van der Waals surface area contributed by atoms with Crippen molar-refractivity contribution < 1.29 is 9.59 Å². The van der Waals surface area contributed by atoms with Gasteiger partial charge in [0, 0.05) is 24.4 Å². The molecular weight excluding hydrogens is 364 g/mol. The Morgan fingerprint density at radius 1 is 1.10 bits per heavy atom. The predicted octanol–water partition coefficient (Wildman–Crippen LogP) is 3.43. The summed E-state index contributed by atoms with van der Waals surface area (Å²) in [5.41, 5.74) is 3.73. The molecule has 1 N–H and O–H groups in total. The normalized spacial score (nSPS) is 25.1. The lowest BCUT2D eigenvalue weighted by Gasteiger charge is -2.38. The van der Waals surface area contributed by atoms with Crippen LogP contribution in [0.15, 0.2) is 30.5 Å². The summed E-state index contributed by atoms with van der Waals surface area (Å²) in [5, 5.41) is 8.09. The van der Waals surface area contributed by atoms with Gasteiger partial charge < -0.3 is 9.80 Å². The third-order valence-electron chi connectivity index (χ3n) is 6.93. The molecule has 1 aromatic carbocycles. The first-order chi connectivity index (χ1) is 14.0. The van der Waals surface area contributed by atoms with E-state index in [9.17, 15) is 9.59 Å². The smallest absolute Gasteiger partial charge is 0.256 e. The number of likely N-dealkylation sites (tertiary alicyclic amines) is 2. The van der Waals surface area contributed by atoms with Gasteiger partial charge >= 0.3 is 0 Å². The van der Waals surface area contributed by atoms with E-state index in [2.05, 4.69) is 21.7 Å². The molecule has 2 aromatic rings. The summed E-state index contributed by atoms with van der Waals surface area (Å²) in [6.45, 7) is 7.56. The Hall–Kier alpha value is -2.63. The predicted molar refractivity (Wildman–Crippen MR) is 111 cm³/mol. The van der Waals surface area contributed by atoms with Crippen LogP contribution in [0.25, 0.3) is 10.9 Å². The number of nitrogens with zero attached hydrogens (tertiary/aromatic N) is 3. The lowest BCUT2D eigenvalue weighted by Crippen LogP contribution is -2.52. The number of carbonyl (C=O) groups excluding carboxylic acids is 2. The van der Waals surface area contributed by atoms with Gasteiger partial charge in [-0.25, -0.2) is 0 Å². The van der Waals surface area contributed by atoms with Gasteiger partial charge in [-0.1, -0.05) is 12.2 Å². The second-order valence-corrected chi connectivity index (χ2v) is 8.95. The number of carbonyl (C=O) groups is 2. The third kappa shape index (κ3) is 3.05. The highest BCUT2D eigenvalue weighted by Gasteiger charge is 2.44. The largest absolute Gasteiger partial charge is 0.337 e. The van der Waals surface area contributed by atoms with Crippen LogP contribution < -0.4 is 0 Å². The molecule has 3 heterocycles. The Morgan fingerprint density at radius 2 is 1.79 bits per heavy atom. The zero-order valence-corrected chi connectivity index (χ0v) is 17.0. The molecule has 2 aliphatic heterocycles. The molecule has 1 aliphatic carbocycles. The van der Waals surface area contributed by atoms with Crippen molar-refractivity contribution in [2.75, 3.05) is 13.1 Å². The summed E-state index contributed by atoms with van der Waals surface area (Å²) in [5.74, 6) is 0.433. The fourth-order valence-corrected chi connectivity index (χ4v) is 5.49. The molecular formula is C23H28N4O2. The van der Waals surface area contributed by atoms with Gasteiger partial charge in [-0.3, -0.25) is 14.7 Å². The summed E-state index contributed by atoms with van der Waals surface area (Å²) in [6, 6.07) is 4.25. The first-order valence-electron chi connectivity index (χ1n) is 10.7. The number of aromatic amines is 1. The number of aryl methyl sites for hydroxylation is 1. The molecule has 3 fully saturated rings. The lowest BCUT2D eigenvalue weighted by molar-refractivity contribution is -0.138. The first-order valence-corrected chi connectivity index (χ1v) is 10.7. The van der Waals surface area contributed by atoms with Crippen LogP contribution in [0.1, 0.15) is 54.4 Å². The Morgan fingerprint density at radius 3 is 2.52 bits per heavy atom.